The van der Waals surface area contributed by atoms with Gasteiger partial charge < -0.3 is 10.6 Å². The zero-order valence-electron chi connectivity index (χ0n) is 21.6. The van der Waals surface area contributed by atoms with Gasteiger partial charge in [-0.1, -0.05) is 46.9 Å². The van der Waals surface area contributed by atoms with Crippen LogP contribution >= 0.6 is 34.8 Å². The van der Waals surface area contributed by atoms with Crippen molar-refractivity contribution >= 4 is 40.7 Å². The topological polar surface area (TPSA) is 59.0 Å². The van der Waals surface area contributed by atoms with Crippen LogP contribution in [0.5, 0.6) is 0 Å². The van der Waals surface area contributed by atoms with Gasteiger partial charge in [0.25, 0.3) is 5.91 Å². The van der Waals surface area contributed by atoms with E-state index in [1.807, 2.05) is 37.3 Å². The number of hydrogen-bond donors (Lipinski definition) is 2. The maximum Gasteiger partial charge on any atom is 0.272 e. The van der Waals surface area contributed by atoms with Gasteiger partial charge in [0.05, 0.1) is 16.4 Å². The highest BCUT2D eigenvalue weighted by molar-refractivity contribution is 6.35. The molecule has 0 atom stereocenters. The minimum absolute atomic E-state index is 0.184. The average Bonchev–Trinajstić information content (AvgIpc) is 3.20. The lowest BCUT2D eigenvalue weighted by molar-refractivity contribution is -0.0195. The van der Waals surface area contributed by atoms with Crippen molar-refractivity contribution in [2.75, 3.05) is 13.1 Å². The SMILES string of the molecule is Cc1c(C(=O)NCCCNC23CC4CC(CC(C4)C2)C3)nn(-c2ccc(Cl)cc2Cl)c1-c1ccc(Cl)cc1. The molecular formula is C30H33Cl3N4O. The zero-order chi connectivity index (χ0) is 26.4. The summed E-state index contributed by atoms with van der Waals surface area (Å²) < 4.78 is 1.72. The van der Waals surface area contributed by atoms with E-state index < -0.39 is 0 Å². The van der Waals surface area contributed by atoms with Crippen molar-refractivity contribution < 1.29 is 4.79 Å². The van der Waals surface area contributed by atoms with Gasteiger partial charge in [-0.3, -0.25) is 4.79 Å². The third-order valence-electron chi connectivity index (χ3n) is 8.77. The Morgan fingerprint density at radius 2 is 1.58 bits per heavy atom. The van der Waals surface area contributed by atoms with Crippen molar-refractivity contribution in [1.29, 1.82) is 0 Å². The lowest BCUT2D eigenvalue weighted by Gasteiger charge is -2.57. The zero-order valence-corrected chi connectivity index (χ0v) is 23.8. The van der Waals surface area contributed by atoms with Crippen LogP contribution in [0.15, 0.2) is 42.5 Å². The summed E-state index contributed by atoms with van der Waals surface area (Å²) in [7, 11) is 0. The van der Waals surface area contributed by atoms with Crippen LogP contribution < -0.4 is 10.6 Å². The molecule has 3 aromatic rings. The van der Waals surface area contributed by atoms with Crippen LogP contribution in [0, 0.1) is 24.7 Å². The van der Waals surface area contributed by atoms with E-state index in [1.54, 1.807) is 16.8 Å². The van der Waals surface area contributed by atoms with E-state index in [1.165, 1.54) is 38.5 Å². The third kappa shape index (κ3) is 5.11. The Kier molecular flexibility index (Phi) is 7.23. The molecule has 4 aliphatic rings. The second-order valence-corrected chi connectivity index (χ2v) is 12.9. The lowest BCUT2D eigenvalue weighted by atomic mass is 9.53. The summed E-state index contributed by atoms with van der Waals surface area (Å²) in [5.74, 6) is 2.60. The fourth-order valence-corrected chi connectivity index (χ4v) is 8.15. The first-order chi connectivity index (χ1) is 18.3. The van der Waals surface area contributed by atoms with Crippen LogP contribution in [0.2, 0.25) is 15.1 Å². The van der Waals surface area contributed by atoms with Crippen molar-refractivity contribution in [3.05, 3.63) is 68.8 Å². The normalized spacial score (nSPS) is 25.6. The number of halogens is 3. The van der Waals surface area contributed by atoms with E-state index in [0.29, 0.717) is 38.5 Å². The quantitative estimate of drug-likeness (QED) is 0.276. The molecular weight excluding hydrogens is 539 g/mol. The van der Waals surface area contributed by atoms with Crippen LogP contribution in [0.1, 0.15) is 61.0 Å². The molecule has 0 unspecified atom stereocenters. The molecule has 1 amide bonds. The number of carbonyl (C=O) groups is 1. The number of amides is 1. The molecule has 4 saturated carbocycles. The van der Waals surface area contributed by atoms with Gasteiger partial charge in [0.15, 0.2) is 5.69 Å². The van der Waals surface area contributed by atoms with E-state index in [9.17, 15) is 4.79 Å². The van der Waals surface area contributed by atoms with Crippen LogP contribution in [0.4, 0.5) is 0 Å². The maximum atomic E-state index is 13.3. The molecule has 38 heavy (non-hydrogen) atoms. The molecule has 7 rings (SSSR count). The highest BCUT2D eigenvalue weighted by Crippen LogP contribution is 2.55. The number of benzene rings is 2. The standard InChI is InChI=1S/C30H33Cl3N4O/c1-18-27(29(38)34-9-2-10-35-30-15-19-11-20(16-30)13-21(12-19)17-30)36-37(26-8-7-24(32)14-25(26)33)28(18)22-3-5-23(31)6-4-22/h3-8,14,19-21,35H,2,9-13,15-17H2,1H3,(H,34,38). The van der Waals surface area contributed by atoms with E-state index in [-0.39, 0.29) is 5.91 Å². The third-order valence-corrected chi connectivity index (χ3v) is 9.56. The van der Waals surface area contributed by atoms with E-state index in [4.69, 9.17) is 39.9 Å². The van der Waals surface area contributed by atoms with Crippen LogP contribution in [0.3, 0.4) is 0 Å². The second-order valence-electron chi connectivity index (χ2n) is 11.6. The van der Waals surface area contributed by atoms with Crippen LogP contribution in [0.25, 0.3) is 16.9 Å². The average molecular weight is 572 g/mol. The van der Waals surface area contributed by atoms with Gasteiger partial charge in [-0.15, -0.1) is 0 Å². The van der Waals surface area contributed by atoms with Crippen molar-refractivity contribution in [3.8, 4) is 16.9 Å². The van der Waals surface area contributed by atoms with Crippen molar-refractivity contribution in [3.63, 3.8) is 0 Å². The number of aromatic nitrogens is 2. The lowest BCUT2D eigenvalue weighted by Crippen LogP contribution is -2.58. The fourth-order valence-electron chi connectivity index (χ4n) is 7.54. The van der Waals surface area contributed by atoms with Crippen molar-refractivity contribution in [2.45, 2.75) is 57.4 Å². The Labute approximate surface area is 239 Å². The Balaban J connectivity index is 1.15. The number of nitrogens with one attached hydrogen (secondary N) is 2. The van der Waals surface area contributed by atoms with Gasteiger partial charge in [0.2, 0.25) is 0 Å². The monoisotopic (exact) mass is 570 g/mol. The summed E-state index contributed by atoms with van der Waals surface area (Å²) in [5, 5.41) is 13.4. The second kappa shape index (κ2) is 10.5. The van der Waals surface area contributed by atoms with Crippen LogP contribution in [-0.2, 0) is 0 Å². The Hall–Kier alpha value is -2.05. The first-order valence-corrected chi connectivity index (χ1v) is 14.8. The Morgan fingerprint density at radius 3 is 2.21 bits per heavy atom. The molecule has 200 valence electrons. The molecule has 1 heterocycles. The number of hydrogen-bond acceptors (Lipinski definition) is 3. The molecule has 2 N–H and O–H groups in total. The maximum absolute atomic E-state index is 13.3. The first kappa shape index (κ1) is 26.2. The van der Waals surface area contributed by atoms with Crippen molar-refractivity contribution in [2.24, 2.45) is 17.8 Å². The minimum atomic E-state index is -0.184. The highest BCUT2D eigenvalue weighted by Gasteiger charge is 2.50. The smallest absolute Gasteiger partial charge is 0.272 e. The van der Waals surface area contributed by atoms with E-state index >= 15 is 0 Å². The molecule has 0 saturated heterocycles. The molecule has 4 aliphatic carbocycles. The molecule has 2 aromatic carbocycles. The number of carbonyl (C=O) groups excluding carboxylic acids is 1. The van der Waals surface area contributed by atoms with Gasteiger partial charge in [-0.2, -0.15) is 5.10 Å². The summed E-state index contributed by atoms with van der Waals surface area (Å²) in [4.78, 5) is 13.3. The summed E-state index contributed by atoms with van der Waals surface area (Å²) >= 11 is 18.8. The number of rotatable bonds is 8. The van der Waals surface area contributed by atoms with E-state index in [0.717, 1.165) is 47.5 Å². The molecule has 4 bridgehead atoms. The summed E-state index contributed by atoms with van der Waals surface area (Å²) in [5.41, 5.74) is 3.85. The van der Waals surface area contributed by atoms with E-state index in [2.05, 4.69) is 10.6 Å². The molecule has 5 nitrogen and oxygen atoms in total. The summed E-state index contributed by atoms with van der Waals surface area (Å²) in [6.07, 6.45) is 9.24. The first-order valence-electron chi connectivity index (χ1n) is 13.6. The fraction of sp³-hybridized carbons (Fsp3) is 0.467. The predicted octanol–water partition coefficient (Wildman–Crippen LogP) is 7.49. The summed E-state index contributed by atoms with van der Waals surface area (Å²) in [6, 6.07) is 12.8. The Morgan fingerprint density at radius 1 is 0.947 bits per heavy atom. The molecule has 4 fully saturated rings. The molecule has 0 radical (unpaired) electrons. The largest absolute Gasteiger partial charge is 0.351 e. The molecule has 1 aromatic heterocycles. The van der Waals surface area contributed by atoms with Crippen LogP contribution in [-0.4, -0.2) is 34.3 Å². The molecule has 0 spiro atoms. The van der Waals surface area contributed by atoms with Gasteiger partial charge in [0.1, 0.15) is 0 Å². The predicted molar refractivity (Wildman–Crippen MR) is 155 cm³/mol. The van der Waals surface area contributed by atoms with Gasteiger partial charge in [-0.25, -0.2) is 4.68 Å². The molecule has 0 aliphatic heterocycles. The minimum Gasteiger partial charge on any atom is -0.351 e. The van der Waals surface area contributed by atoms with Gasteiger partial charge >= 0.3 is 0 Å². The van der Waals surface area contributed by atoms with Crippen molar-refractivity contribution in [1.82, 2.24) is 20.4 Å². The Bertz CT molecular complexity index is 1310. The number of nitrogens with zero attached hydrogens (tertiary/aromatic N) is 2. The van der Waals surface area contributed by atoms with Gasteiger partial charge in [-0.05, 0) is 106 Å². The highest BCUT2D eigenvalue weighted by atomic mass is 35.5. The summed E-state index contributed by atoms with van der Waals surface area (Å²) in [6.45, 7) is 3.44. The molecule has 8 heteroatoms. The van der Waals surface area contributed by atoms with Gasteiger partial charge in [0, 0.05) is 33.3 Å².